The van der Waals surface area contributed by atoms with Gasteiger partial charge in [-0.3, -0.25) is 14.4 Å². The summed E-state index contributed by atoms with van der Waals surface area (Å²) in [6.07, 6.45) is 2.43. The van der Waals surface area contributed by atoms with E-state index in [4.69, 9.17) is 4.74 Å². The van der Waals surface area contributed by atoms with Gasteiger partial charge in [0.2, 0.25) is 10.0 Å². The number of fused-ring (bicyclic) bond motifs is 1. The highest BCUT2D eigenvalue weighted by Gasteiger charge is 2.39. The molecule has 0 bridgehead atoms. The van der Waals surface area contributed by atoms with Crippen molar-refractivity contribution in [3.8, 4) is 0 Å². The van der Waals surface area contributed by atoms with E-state index >= 15 is 0 Å². The predicted octanol–water partition coefficient (Wildman–Crippen LogP) is 2.62. The SMILES string of the molecule is CC(=O)c1ccc(S(=O)(=O)N2CCCCC2C(=O)OCC(=O)N2CCc3sccc3C2)cc1. The lowest BCUT2D eigenvalue weighted by atomic mass is 10.1. The molecule has 1 saturated heterocycles. The average Bonchev–Trinajstić information content (AvgIpc) is 3.30. The number of amides is 1. The number of ether oxygens (including phenoxy) is 1. The van der Waals surface area contributed by atoms with Crippen molar-refractivity contribution in [1.82, 2.24) is 9.21 Å². The Balaban J connectivity index is 1.41. The summed E-state index contributed by atoms with van der Waals surface area (Å²) in [6.45, 7) is 2.26. The van der Waals surface area contributed by atoms with Crippen LogP contribution in [0.15, 0.2) is 40.6 Å². The van der Waals surface area contributed by atoms with Crippen LogP contribution in [0.3, 0.4) is 0 Å². The van der Waals surface area contributed by atoms with E-state index in [1.54, 1.807) is 16.2 Å². The van der Waals surface area contributed by atoms with E-state index in [0.29, 0.717) is 37.9 Å². The van der Waals surface area contributed by atoms with Crippen LogP contribution in [0.2, 0.25) is 0 Å². The van der Waals surface area contributed by atoms with Crippen molar-refractivity contribution >= 4 is 39.0 Å². The number of ketones is 1. The van der Waals surface area contributed by atoms with Gasteiger partial charge in [0.05, 0.1) is 4.90 Å². The van der Waals surface area contributed by atoms with Gasteiger partial charge in [-0.25, -0.2) is 8.42 Å². The first-order valence-corrected chi connectivity index (χ1v) is 13.2. The summed E-state index contributed by atoms with van der Waals surface area (Å²) < 4.78 is 32.9. The Hall–Kier alpha value is -2.56. The van der Waals surface area contributed by atoms with Gasteiger partial charge in [0.25, 0.3) is 5.91 Å². The maximum atomic E-state index is 13.2. The third-order valence-corrected chi connectivity index (χ3v) is 9.04. The fraction of sp³-hybridized carbons (Fsp3) is 0.435. The van der Waals surface area contributed by atoms with Crippen molar-refractivity contribution in [3.63, 3.8) is 0 Å². The highest BCUT2D eigenvalue weighted by atomic mass is 32.2. The first-order valence-electron chi connectivity index (χ1n) is 10.9. The molecular weight excluding hydrogens is 464 g/mol. The molecule has 1 atom stereocenters. The number of hydrogen-bond acceptors (Lipinski definition) is 7. The van der Waals surface area contributed by atoms with Gasteiger partial charge in [-0.1, -0.05) is 12.1 Å². The van der Waals surface area contributed by atoms with Crippen LogP contribution in [0.4, 0.5) is 0 Å². The normalized spacial score (nSPS) is 19.1. The van der Waals surface area contributed by atoms with Gasteiger partial charge >= 0.3 is 5.97 Å². The van der Waals surface area contributed by atoms with E-state index in [2.05, 4.69) is 0 Å². The molecule has 0 radical (unpaired) electrons. The van der Waals surface area contributed by atoms with E-state index in [-0.39, 0.29) is 23.1 Å². The lowest BCUT2D eigenvalue weighted by molar-refractivity contribution is -0.156. The number of Topliss-reactive ketones (excluding diaryl/α,β-unsaturated/α-hetero) is 1. The fourth-order valence-electron chi connectivity index (χ4n) is 4.21. The highest BCUT2D eigenvalue weighted by molar-refractivity contribution is 7.89. The van der Waals surface area contributed by atoms with Crippen LogP contribution in [0.5, 0.6) is 0 Å². The Labute approximate surface area is 197 Å². The van der Waals surface area contributed by atoms with Crippen LogP contribution in [-0.2, 0) is 37.3 Å². The first-order chi connectivity index (χ1) is 15.8. The lowest BCUT2D eigenvalue weighted by Gasteiger charge is -2.33. The van der Waals surface area contributed by atoms with E-state index in [1.165, 1.54) is 36.1 Å². The molecule has 1 unspecified atom stereocenters. The zero-order valence-corrected chi connectivity index (χ0v) is 20.0. The molecule has 0 aliphatic carbocycles. The molecule has 2 aliphatic heterocycles. The van der Waals surface area contributed by atoms with Crippen LogP contribution in [0, 0.1) is 0 Å². The fourth-order valence-corrected chi connectivity index (χ4v) is 6.74. The number of carbonyl (C=O) groups is 3. The maximum absolute atomic E-state index is 13.2. The Bertz CT molecular complexity index is 1160. The molecule has 0 saturated carbocycles. The number of benzene rings is 1. The van der Waals surface area contributed by atoms with E-state index in [0.717, 1.165) is 16.3 Å². The minimum atomic E-state index is -3.96. The smallest absolute Gasteiger partial charge is 0.324 e. The largest absolute Gasteiger partial charge is 0.454 e. The molecule has 1 amide bonds. The average molecular weight is 491 g/mol. The van der Waals surface area contributed by atoms with Gasteiger partial charge in [-0.05, 0) is 61.7 Å². The van der Waals surface area contributed by atoms with Crippen molar-refractivity contribution < 1.29 is 27.5 Å². The number of esters is 1. The van der Waals surface area contributed by atoms with Gasteiger partial charge in [0, 0.05) is 30.1 Å². The number of hydrogen-bond donors (Lipinski definition) is 0. The van der Waals surface area contributed by atoms with Gasteiger partial charge in [-0.15, -0.1) is 11.3 Å². The van der Waals surface area contributed by atoms with Crippen LogP contribution in [0.1, 0.15) is 47.0 Å². The van der Waals surface area contributed by atoms with Gasteiger partial charge in [0.1, 0.15) is 6.04 Å². The summed E-state index contributed by atoms with van der Waals surface area (Å²) >= 11 is 1.68. The molecule has 8 nitrogen and oxygen atoms in total. The summed E-state index contributed by atoms with van der Waals surface area (Å²) in [5.74, 6) is -1.16. The highest BCUT2D eigenvalue weighted by Crippen LogP contribution is 2.27. The van der Waals surface area contributed by atoms with E-state index in [1.807, 2.05) is 11.4 Å². The molecule has 0 N–H and O–H groups in total. The molecule has 1 fully saturated rings. The molecule has 4 rings (SSSR count). The molecule has 3 heterocycles. The zero-order valence-electron chi connectivity index (χ0n) is 18.4. The third-order valence-electron chi connectivity index (χ3n) is 6.09. The Morgan fingerprint density at radius 3 is 2.58 bits per heavy atom. The van der Waals surface area contributed by atoms with Crippen LogP contribution >= 0.6 is 11.3 Å². The number of sulfonamides is 1. The van der Waals surface area contributed by atoms with Gasteiger partial charge < -0.3 is 9.64 Å². The quantitative estimate of drug-likeness (QED) is 0.456. The summed E-state index contributed by atoms with van der Waals surface area (Å²) in [7, 11) is -3.96. The second-order valence-corrected chi connectivity index (χ2v) is 11.1. The monoisotopic (exact) mass is 490 g/mol. The summed E-state index contributed by atoms with van der Waals surface area (Å²) in [5, 5.41) is 2.00. The zero-order chi connectivity index (χ0) is 23.6. The number of piperidine rings is 1. The molecule has 1 aromatic heterocycles. The Morgan fingerprint density at radius 1 is 1.09 bits per heavy atom. The number of carbonyl (C=O) groups excluding carboxylic acids is 3. The second kappa shape index (κ2) is 9.74. The number of thiophene rings is 1. The number of nitrogens with zero attached hydrogens (tertiary/aromatic N) is 2. The molecule has 1 aromatic carbocycles. The van der Waals surface area contributed by atoms with Crippen LogP contribution in [0.25, 0.3) is 0 Å². The van der Waals surface area contributed by atoms with E-state index < -0.39 is 28.6 Å². The van der Waals surface area contributed by atoms with Crippen molar-refractivity contribution in [2.45, 2.75) is 50.1 Å². The first kappa shape index (κ1) is 23.6. The molecule has 2 aliphatic rings. The molecule has 176 valence electrons. The van der Waals surface area contributed by atoms with Gasteiger partial charge in [0.15, 0.2) is 12.4 Å². The topological polar surface area (TPSA) is 101 Å². The maximum Gasteiger partial charge on any atom is 0.324 e. The van der Waals surface area contributed by atoms with Crippen molar-refractivity contribution in [3.05, 3.63) is 51.7 Å². The summed E-state index contributed by atoms with van der Waals surface area (Å²) in [6, 6.07) is 6.70. The lowest BCUT2D eigenvalue weighted by Crippen LogP contribution is -2.49. The molecule has 2 aromatic rings. The Kier molecular flexibility index (Phi) is 6.96. The molecule has 10 heteroatoms. The second-order valence-electron chi connectivity index (χ2n) is 8.25. The van der Waals surface area contributed by atoms with Crippen molar-refractivity contribution in [2.75, 3.05) is 19.7 Å². The number of rotatable bonds is 6. The summed E-state index contributed by atoms with van der Waals surface area (Å²) in [4.78, 5) is 39.9. The molecule has 33 heavy (non-hydrogen) atoms. The van der Waals surface area contributed by atoms with Crippen LogP contribution < -0.4 is 0 Å². The predicted molar refractivity (Wildman–Crippen MR) is 122 cm³/mol. The Morgan fingerprint density at radius 2 is 1.85 bits per heavy atom. The third kappa shape index (κ3) is 5.02. The van der Waals surface area contributed by atoms with Crippen molar-refractivity contribution in [1.29, 1.82) is 0 Å². The molecular formula is C23H26N2O6S2. The minimum Gasteiger partial charge on any atom is -0.454 e. The minimum absolute atomic E-state index is 0.0168. The summed E-state index contributed by atoms with van der Waals surface area (Å²) in [5.41, 5.74) is 1.53. The van der Waals surface area contributed by atoms with E-state index in [9.17, 15) is 22.8 Å². The standard InChI is InChI=1S/C23H26N2O6S2/c1-16(26)17-5-7-19(8-6-17)33(29,30)25-11-3-2-4-20(25)23(28)31-15-22(27)24-12-9-21-18(14-24)10-13-32-21/h5-8,10,13,20H,2-4,9,11-12,14-15H2,1H3. The van der Waals surface area contributed by atoms with Crippen LogP contribution in [-0.4, -0.2) is 61.0 Å². The van der Waals surface area contributed by atoms with Crippen molar-refractivity contribution in [2.24, 2.45) is 0 Å². The molecule has 0 spiro atoms. The van der Waals surface area contributed by atoms with Gasteiger partial charge in [-0.2, -0.15) is 4.31 Å².